The van der Waals surface area contributed by atoms with Gasteiger partial charge in [-0.1, -0.05) is 39.5 Å². The van der Waals surface area contributed by atoms with E-state index < -0.39 is 0 Å². The van der Waals surface area contributed by atoms with Crippen molar-refractivity contribution < 1.29 is 26.2 Å². The first-order chi connectivity index (χ1) is 7.61. The van der Waals surface area contributed by atoms with Crippen molar-refractivity contribution in [2.75, 3.05) is 0 Å². The van der Waals surface area contributed by atoms with Crippen molar-refractivity contribution in [1.29, 1.82) is 0 Å². The molecule has 2 aromatic carbocycles. The summed E-state index contributed by atoms with van der Waals surface area (Å²) in [5.41, 5.74) is 2.87. The third-order valence-electron chi connectivity index (χ3n) is 2.71. The third-order valence-corrected chi connectivity index (χ3v) is 2.71. The molecule has 0 saturated carbocycles. The average molecular weight is 306 g/mol. The summed E-state index contributed by atoms with van der Waals surface area (Å²) < 4.78 is 0. The Kier molecular flexibility index (Phi) is 8.43. The Morgan fingerprint density at radius 1 is 0.588 bits per heavy atom. The van der Waals surface area contributed by atoms with Gasteiger partial charge in [-0.25, -0.2) is 24.3 Å². The topological polar surface area (TPSA) is 0 Å². The molecule has 0 aliphatic heterocycles. The Morgan fingerprint density at radius 3 is 0.941 bits per heavy atom. The quantitative estimate of drug-likeness (QED) is 0.681. The van der Waals surface area contributed by atoms with E-state index in [0.29, 0.717) is 11.8 Å². The predicted octanol–water partition coefficient (Wildman–Crippen LogP) is 5.06. The van der Waals surface area contributed by atoms with Crippen molar-refractivity contribution >= 4 is 0 Å². The van der Waals surface area contributed by atoms with Gasteiger partial charge in [0, 0.05) is 0 Å². The van der Waals surface area contributed by atoms with Gasteiger partial charge >= 0.3 is 26.2 Å². The zero-order chi connectivity index (χ0) is 12.0. The van der Waals surface area contributed by atoms with Crippen LogP contribution in [0.5, 0.6) is 0 Å². The van der Waals surface area contributed by atoms with E-state index >= 15 is 0 Å². The van der Waals surface area contributed by atoms with Gasteiger partial charge in [0.2, 0.25) is 0 Å². The van der Waals surface area contributed by atoms with Crippen molar-refractivity contribution in [3.63, 3.8) is 0 Å². The predicted molar refractivity (Wildman–Crippen MR) is 72.2 cm³/mol. The molecule has 0 amide bonds. The Hall–Kier alpha value is -0.417. The summed E-state index contributed by atoms with van der Waals surface area (Å²) in [4.78, 5) is 0. The molecule has 0 bridgehead atoms. The van der Waals surface area contributed by atoms with Gasteiger partial charge < -0.3 is 0 Å². The standard InChI is InChI=1S/2C8H11.Zr/c2*1-7(2)8-5-3-4-6-8;/h2*3-7H,1-2H3;/q2*-1;+2. The molecule has 17 heavy (non-hydrogen) atoms. The number of hydrogen-bond acceptors (Lipinski definition) is 0. The van der Waals surface area contributed by atoms with E-state index in [1.165, 1.54) is 11.1 Å². The zero-order valence-electron chi connectivity index (χ0n) is 11.3. The summed E-state index contributed by atoms with van der Waals surface area (Å²) in [6, 6.07) is 16.9. The van der Waals surface area contributed by atoms with Crippen LogP contribution in [0.4, 0.5) is 0 Å². The smallest absolute Gasteiger partial charge is 0.213 e. The van der Waals surface area contributed by atoms with Crippen LogP contribution in [0.2, 0.25) is 0 Å². The Balaban J connectivity index is 0.000000284. The largest absolute Gasteiger partial charge is 2.00 e. The first-order valence-electron chi connectivity index (χ1n) is 6.04. The molecule has 0 aliphatic rings. The molecule has 0 N–H and O–H groups in total. The fraction of sp³-hybridized carbons (Fsp3) is 0.375. The molecular weight excluding hydrogens is 283 g/mol. The van der Waals surface area contributed by atoms with Crippen LogP contribution < -0.4 is 0 Å². The van der Waals surface area contributed by atoms with Crippen LogP contribution in [0.3, 0.4) is 0 Å². The monoisotopic (exact) mass is 304 g/mol. The third kappa shape index (κ3) is 6.17. The van der Waals surface area contributed by atoms with Gasteiger partial charge in [-0.3, -0.25) is 0 Å². The maximum atomic E-state index is 2.20. The number of rotatable bonds is 2. The second-order valence-corrected chi connectivity index (χ2v) is 4.75. The average Bonchev–Trinajstić information content (AvgIpc) is 2.93. The van der Waals surface area contributed by atoms with Gasteiger partial charge in [0.05, 0.1) is 0 Å². The maximum absolute atomic E-state index is 2.20. The van der Waals surface area contributed by atoms with E-state index in [1.807, 2.05) is 0 Å². The molecule has 0 saturated heterocycles. The van der Waals surface area contributed by atoms with Crippen molar-refractivity contribution in [2.45, 2.75) is 39.5 Å². The molecular formula is C16H22Zr. The van der Waals surface area contributed by atoms with Crippen molar-refractivity contribution in [1.82, 2.24) is 0 Å². The molecule has 0 aliphatic carbocycles. The summed E-state index contributed by atoms with van der Waals surface area (Å²) in [5, 5.41) is 0. The Morgan fingerprint density at radius 2 is 0.824 bits per heavy atom. The van der Waals surface area contributed by atoms with E-state index in [2.05, 4.69) is 76.2 Å². The summed E-state index contributed by atoms with van der Waals surface area (Å²) in [6.07, 6.45) is 0. The summed E-state index contributed by atoms with van der Waals surface area (Å²) in [6.45, 7) is 8.81. The second-order valence-electron chi connectivity index (χ2n) is 4.75. The molecule has 0 heterocycles. The molecule has 90 valence electrons. The molecule has 0 spiro atoms. The molecule has 2 aromatic rings. The van der Waals surface area contributed by atoms with Crippen LogP contribution in [0.15, 0.2) is 48.5 Å². The minimum Gasteiger partial charge on any atom is -0.213 e. The van der Waals surface area contributed by atoms with Gasteiger partial charge in [-0.15, -0.1) is 0 Å². The molecule has 0 fully saturated rings. The molecule has 0 aromatic heterocycles. The van der Waals surface area contributed by atoms with Gasteiger partial charge in [-0.05, 0) is 0 Å². The first-order valence-corrected chi connectivity index (χ1v) is 6.04. The van der Waals surface area contributed by atoms with Crippen LogP contribution in [0.1, 0.15) is 50.7 Å². The zero-order valence-corrected chi connectivity index (χ0v) is 13.7. The van der Waals surface area contributed by atoms with Crippen LogP contribution in [-0.2, 0) is 26.2 Å². The fourth-order valence-corrected chi connectivity index (χ4v) is 1.55. The summed E-state index contributed by atoms with van der Waals surface area (Å²) in [5.74, 6) is 1.37. The number of hydrogen-bond donors (Lipinski definition) is 0. The fourth-order valence-electron chi connectivity index (χ4n) is 1.55. The van der Waals surface area contributed by atoms with Crippen LogP contribution in [-0.4, -0.2) is 0 Å². The Bertz CT molecular complexity index is 314. The van der Waals surface area contributed by atoms with E-state index in [4.69, 9.17) is 0 Å². The first kappa shape index (κ1) is 16.6. The molecule has 1 heteroatoms. The normalized spacial score (nSPS) is 9.76. The van der Waals surface area contributed by atoms with E-state index in [0.717, 1.165) is 0 Å². The molecule has 0 radical (unpaired) electrons. The van der Waals surface area contributed by atoms with Gasteiger partial charge in [0.25, 0.3) is 0 Å². The van der Waals surface area contributed by atoms with Crippen LogP contribution >= 0.6 is 0 Å². The van der Waals surface area contributed by atoms with E-state index in [-0.39, 0.29) is 26.2 Å². The maximum Gasteiger partial charge on any atom is 2.00 e. The van der Waals surface area contributed by atoms with Crippen LogP contribution in [0.25, 0.3) is 0 Å². The summed E-state index contributed by atoms with van der Waals surface area (Å²) >= 11 is 0. The van der Waals surface area contributed by atoms with E-state index in [1.54, 1.807) is 0 Å². The van der Waals surface area contributed by atoms with Crippen LogP contribution in [0, 0.1) is 0 Å². The molecule has 0 atom stereocenters. The second kappa shape index (κ2) is 8.64. The molecule has 0 unspecified atom stereocenters. The SMILES string of the molecule is CC(C)[c-]1cccc1.CC(C)[c-]1cccc1.[Zr+2]. The Labute approximate surface area is 125 Å². The van der Waals surface area contributed by atoms with Crippen molar-refractivity contribution in [2.24, 2.45) is 0 Å². The molecule has 2 rings (SSSR count). The van der Waals surface area contributed by atoms with Gasteiger partial charge in [-0.2, -0.15) is 35.4 Å². The minimum absolute atomic E-state index is 0. The van der Waals surface area contributed by atoms with Crippen molar-refractivity contribution in [3.8, 4) is 0 Å². The molecule has 0 nitrogen and oxygen atoms in total. The van der Waals surface area contributed by atoms with Gasteiger partial charge in [0.15, 0.2) is 0 Å². The van der Waals surface area contributed by atoms with Crippen molar-refractivity contribution in [3.05, 3.63) is 59.7 Å². The van der Waals surface area contributed by atoms with Gasteiger partial charge in [0.1, 0.15) is 0 Å². The minimum atomic E-state index is 0. The summed E-state index contributed by atoms with van der Waals surface area (Å²) in [7, 11) is 0. The van der Waals surface area contributed by atoms with E-state index in [9.17, 15) is 0 Å².